The van der Waals surface area contributed by atoms with Crippen LogP contribution in [0.2, 0.25) is 0 Å². The van der Waals surface area contributed by atoms with Crippen molar-refractivity contribution in [2.75, 3.05) is 13.2 Å². The largest absolute Gasteiger partial charge is 0.468 e. The molecule has 0 aliphatic carbocycles. The van der Waals surface area contributed by atoms with Crippen molar-refractivity contribution in [1.82, 2.24) is 14.5 Å². The summed E-state index contributed by atoms with van der Waals surface area (Å²) in [5.74, 6) is 0.348. The molecule has 0 radical (unpaired) electrons. The number of benzene rings is 1. The Labute approximate surface area is 164 Å². The van der Waals surface area contributed by atoms with E-state index in [-0.39, 0.29) is 18.5 Å². The van der Waals surface area contributed by atoms with E-state index in [4.69, 9.17) is 9.47 Å². The topological polar surface area (TPSA) is 66.2 Å². The van der Waals surface area contributed by atoms with Gasteiger partial charge in [0, 0.05) is 30.1 Å². The van der Waals surface area contributed by atoms with Gasteiger partial charge in [0.1, 0.15) is 5.69 Å². The van der Waals surface area contributed by atoms with Crippen LogP contribution in [-0.2, 0) is 11.3 Å². The fourth-order valence-corrected chi connectivity index (χ4v) is 3.78. The maximum atomic E-state index is 12.8. The van der Waals surface area contributed by atoms with E-state index in [1.807, 2.05) is 51.1 Å². The Kier molecular flexibility index (Phi) is 5.13. The zero-order valence-corrected chi connectivity index (χ0v) is 16.6. The molecule has 1 aliphatic rings. The second-order valence-electron chi connectivity index (χ2n) is 7.35. The quantitative estimate of drug-likeness (QED) is 0.610. The lowest BCUT2D eigenvalue weighted by Crippen LogP contribution is -2.18. The minimum atomic E-state index is -0.0575. The molecule has 1 atom stereocenters. The van der Waals surface area contributed by atoms with Crippen molar-refractivity contribution in [2.45, 2.75) is 46.3 Å². The number of carbonyl (C=O) groups excluding carboxylic acids is 1. The van der Waals surface area contributed by atoms with Crippen LogP contribution >= 0.6 is 0 Å². The van der Waals surface area contributed by atoms with Crippen molar-refractivity contribution in [2.24, 2.45) is 0 Å². The maximum absolute atomic E-state index is 12.8. The van der Waals surface area contributed by atoms with Gasteiger partial charge < -0.3 is 14.0 Å². The normalized spacial score (nSPS) is 16.6. The van der Waals surface area contributed by atoms with Gasteiger partial charge in [-0.25, -0.2) is 9.97 Å². The Morgan fingerprint density at radius 3 is 2.68 bits per heavy atom. The molecule has 0 saturated carbocycles. The van der Waals surface area contributed by atoms with Crippen molar-refractivity contribution in [3.05, 3.63) is 53.0 Å². The molecule has 6 heteroatoms. The molecular weight excluding hydrogens is 354 g/mol. The van der Waals surface area contributed by atoms with Crippen molar-refractivity contribution in [3.63, 3.8) is 0 Å². The molecule has 1 unspecified atom stereocenters. The summed E-state index contributed by atoms with van der Waals surface area (Å²) in [6, 6.07) is 9.56. The Morgan fingerprint density at radius 1 is 1.21 bits per heavy atom. The highest BCUT2D eigenvalue weighted by molar-refractivity contribution is 5.98. The Balaban J connectivity index is 1.49. The number of ether oxygens (including phenoxy) is 2. The number of Topliss-reactive ketones (excluding diaryl/α,β-unsaturated/α-hetero) is 1. The van der Waals surface area contributed by atoms with E-state index in [9.17, 15) is 4.79 Å². The lowest BCUT2D eigenvalue weighted by atomic mass is 10.1. The molecule has 2 aromatic heterocycles. The standard InChI is InChI=1S/C22H25N3O3/c1-14-11-18(16(3)25(14)12-17-7-6-10-27-17)21(26)13-28-22-15(2)23-19-8-4-5-9-20(19)24-22/h4-5,8-9,11,17H,6-7,10,12-13H2,1-3H3. The summed E-state index contributed by atoms with van der Waals surface area (Å²) in [5.41, 5.74) is 4.97. The van der Waals surface area contributed by atoms with Gasteiger partial charge in [-0.3, -0.25) is 4.79 Å². The summed E-state index contributed by atoms with van der Waals surface area (Å²) in [6.45, 7) is 7.41. The minimum absolute atomic E-state index is 0.0546. The summed E-state index contributed by atoms with van der Waals surface area (Å²) < 4.78 is 13.7. The summed E-state index contributed by atoms with van der Waals surface area (Å²) in [7, 11) is 0. The third-order valence-corrected chi connectivity index (χ3v) is 5.33. The molecule has 0 bridgehead atoms. The number of aromatic nitrogens is 3. The second kappa shape index (κ2) is 7.72. The van der Waals surface area contributed by atoms with Crippen LogP contribution < -0.4 is 4.74 Å². The number of carbonyl (C=O) groups is 1. The molecule has 3 heterocycles. The van der Waals surface area contributed by atoms with Crippen LogP contribution in [0.5, 0.6) is 5.88 Å². The maximum Gasteiger partial charge on any atom is 0.236 e. The molecule has 1 fully saturated rings. The SMILES string of the molecule is Cc1nc2ccccc2nc1OCC(=O)c1cc(C)n(CC2CCCO2)c1C. The van der Waals surface area contributed by atoms with Crippen molar-refractivity contribution in [1.29, 1.82) is 0 Å². The number of nitrogens with zero attached hydrogens (tertiary/aromatic N) is 3. The molecule has 3 aromatic rings. The van der Waals surface area contributed by atoms with E-state index in [1.54, 1.807) is 0 Å². The smallest absolute Gasteiger partial charge is 0.236 e. The first kappa shape index (κ1) is 18.6. The minimum Gasteiger partial charge on any atom is -0.468 e. The van der Waals surface area contributed by atoms with Gasteiger partial charge in [0.15, 0.2) is 6.61 Å². The predicted molar refractivity (Wildman–Crippen MR) is 107 cm³/mol. The zero-order chi connectivity index (χ0) is 19.7. The van der Waals surface area contributed by atoms with Gasteiger partial charge >= 0.3 is 0 Å². The molecule has 0 amide bonds. The Morgan fingerprint density at radius 2 is 1.96 bits per heavy atom. The van der Waals surface area contributed by atoms with E-state index in [0.717, 1.165) is 48.4 Å². The molecular formula is C22H25N3O3. The number of aryl methyl sites for hydroxylation is 2. The zero-order valence-electron chi connectivity index (χ0n) is 16.6. The number of para-hydroxylation sites is 2. The highest BCUT2D eigenvalue weighted by Gasteiger charge is 2.21. The summed E-state index contributed by atoms with van der Waals surface area (Å²) in [6.07, 6.45) is 2.42. The number of ketones is 1. The van der Waals surface area contributed by atoms with Crippen LogP contribution in [0.25, 0.3) is 11.0 Å². The first-order chi connectivity index (χ1) is 13.5. The average molecular weight is 379 g/mol. The molecule has 1 aromatic carbocycles. The summed E-state index contributed by atoms with van der Waals surface area (Å²) >= 11 is 0. The number of hydrogen-bond donors (Lipinski definition) is 0. The van der Waals surface area contributed by atoms with Crippen molar-refractivity contribution >= 4 is 16.8 Å². The van der Waals surface area contributed by atoms with Crippen LogP contribution in [0.3, 0.4) is 0 Å². The number of rotatable bonds is 6. The highest BCUT2D eigenvalue weighted by atomic mass is 16.5. The third kappa shape index (κ3) is 3.64. The van der Waals surface area contributed by atoms with Gasteiger partial charge in [-0.1, -0.05) is 12.1 Å². The van der Waals surface area contributed by atoms with Gasteiger partial charge in [-0.15, -0.1) is 0 Å². The average Bonchev–Trinajstić information content (AvgIpc) is 3.30. The number of fused-ring (bicyclic) bond motifs is 1. The van der Waals surface area contributed by atoms with Gasteiger partial charge in [0.25, 0.3) is 0 Å². The Hall–Kier alpha value is -2.73. The van der Waals surface area contributed by atoms with Crippen LogP contribution in [0.1, 0.15) is 40.3 Å². The van der Waals surface area contributed by atoms with E-state index >= 15 is 0 Å². The van der Waals surface area contributed by atoms with E-state index in [2.05, 4.69) is 14.5 Å². The molecule has 1 aliphatic heterocycles. The fourth-order valence-electron chi connectivity index (χ4n) is 3.78. The highest BCUT2D eigenvalue weighted by Crippen LogP contribution is 2.22. The molecule has 4 rings (SSSR count). The third-order valence-electron chi connectivity index (χ3n) is 5.33. The molecule has 146 valence electrons. The predicted octanol–water partition coefficient (Wildman–Crippen LogP) is 3.80. The second-order valence-corrected chi connectivity index (χ2v) is 7.35. The Bertz CT molecular complexity index is 1020. The summed E-state index contributed by atoms with van der Waals surface area (Å²) in [4.78, 5) is 21.8. The van der Waals surface area contributed by atoms with Crippen molar-refractivity contribution in [3.8, 4) is 5.88 Å². The molecule has 28 heavy (non-hydrogen) atoms. The van der Waals surface area contributed by atoms with Crippen LogP contribution in [0.15, 0.2) is 30.3 Å². The van der Waals surface area contributed by atoms with E-state index in [0.29, 0.717) is 17.1 Å². The van der Waals surface area contributed by atoms with Crippen molar-refractivity contribution < 1.29 is 14.3 Å². The number of hydrogen-bond acceptors (Lipinski definition) is 5. The van der Waals surface area contributed by atoms with Gasteiger partial charge in [0.2, 0.25) is 11.7 Å². The van der Waals surface area contributed by atoms with E-state index < -0.39 is 0 Å². The van der Waals surface area contributed by atoms with Crippen LogP contribution in [-0.4, -0.2) is 39.6 Å². The molecule has 6 nitrogen and oxygen atoms in total. The van der Waals surface area contributed by atoms with Crippen LogP contribution in [0, 0.1) is 20.8 Å². The first-order valence-electron chi connectivity index (χ1n) is 9.70. The first-order valence-corrected chi connectivity index (χ1v) is 9.70. The van der Waals surface area contributed by atoms with Gasteiger partial charge in [-0.2, -0.15) is 0 Å². The lowest BCUT2D eigenvalue weighted by molar-refractivity contribution is 0.0911. The monoisotopic (exact) mass is 379 g/mol. The lowest BCUT2D eigenvalue weighted by Gasteiger charge is -2.15. The molecule has 0 spiro atoms. The summed E-state index contributed by atoms with van der Waals surface area (Å²) in [5, 5.41) is 0. The molecule has 1 saturated heterocycles. The van der Waals surface area contributed by atoms with Crippen LogP contribution in [0.4, 0.5) is 0 Å². The van der Waals surface area contributed by atoms with E-state index in [1.165, 1.54) is 0 Å². The van der Waals surface area contributed by atoms with Gasteiger partial charge in [0.05, 0.1) is 17.1 Å². The van der Waals surface area contributed by atoms with Gasteiger partial charge in [-0.05, 0) is 51.8 Å². The molecule has 0 N–H and O–H groups in total. The fraction of sp³-hybridized carbons (Fsp3) is 0.409.